The first-order chi connectivity index (χ1) is 8.65. The van der Waals surface area contributed by atoms with Crippen molar-refractivity contribution >= 4 is 5.97 Å². The molecule has 1 atom stereocenters. The van der Waals surface area contributed by atoms with E-state index in [2.05, 4.69) is 20.8 Å². The Kier molecular flexibility index (Phi) is 6.48. The van der Waals surface area contributed by atoms with Crippen LogP contribution in [0.2, 0.25) is 0 Å². The van der Waals surface area contributed by atoms with Crippen LogP contribution in [-0.2, 0) is 9.53 Å². The molecule has 0 aliphatic carbocycles. The van der Waals surface area contributed by atoms with Crippen molar-refractivity contribution in [3.63, 3.8) is 0 Å². The first-order valence-electron chi connectivity index (χ1n) is 6.86. The number of carbonyl (C=O) groups is 1. The molecule has 0 heterocycles. The number of unbranched alkanes of at least 4 members (excludes halogenated alkanes) is 1. The number of hydrogen-bond acceptors (Lipinski definition) is 2. The van der Waals surface area contributed by atoms with Crippen molar-refractivity contribution in [2.75, 3.05) is 6.61 Å². The summed E-state index contributed by atoms with van der Waals surface area (Å²) in [6, 6.07) is 9.95. The highest BCUT2D eigenvalue weighted by Gasteiger charge is 2.21. The third kappa shape index (κ3) is 4.91. The summed E-state index contributed by atoms with van der Waals surface area (Å²) in [7, 11) is 0. The van der Waals surface area contributed by atoms with Crippen molar-refractivity contribution in [3.05, 3.63) is 35.9 Å². The van der Waals surface area contributed by atoms with Gasteiger partial charge in [0.25, 0.3) is 0 Å². The molecule has 2 heteroatoms. The molecular weight excluding hydrogens is 224 g/mol. The minimum Gasteiger partial charge on any atom is -0.465 e. The lowest BCUT2D eigenvalue weighted by atomic mass is 9.94. The zero-order valence-electron chi connectivity index (χ0n) is 11.7. The Morgan fingerprint density at radius 1 is 1.22 bits per heavy atom. The van der Waals surface area contributed by atoms with E-state index in [9.17, 15) is 4.79 Å². The molecule has 0 fully saturated rings. The van der Waals surface area contributed by atoms with E-state index in [0.717, 1.165) is 24.8 Å². The number of carbonyl (C=O) groups excluding carboxylic acids is 1. The van der Waals surface area contributed by atoms with Gasteiger partial charge in [0.05, 0.1) is 12.5 Å². The lowest BCUT2D eigenvalue weighted by molar-refractivity contribution is -0.146. The van der Waals surface area contributed by atoms with Crippen LogP contribution in [-0.4, -0.2) is 12.6 Å². The second-order valence-corrected chi connectivity index (χ2v) is 5.13. The molecule has 0 aliphatic rings. The highest BCUT2D eigenvalue weighted by molar-refractivity contribution is 5.78. The molecule has 1 unspecified atom stereocenters. The monoisotopic (exact) mass is 248 g/mol. The van der Waals surface area contributed by atoms with Gasteiger partial charge in [-0.05, 0) is 17.9 Å². The highest BCUT2D eigenvalue weighted by atomic mass is 16.5. The van der Waals surface area contributed by atoms with Crippen LogP contribution in [0.25, 0.3) is 0 Å². The average molecular weight is 248 g/mol. The van der Waals surface area contributed by atoms with Gasteiger partial charge in [0.1, 0.15) is 0 Å². The van der Waals surface area contributed by atoms with Crippen LogP contribution in [0.5, 0.6) is 0 Å². The first kappa shape index (κ1) is 14.7. The van der Waals surface area contributed by atoms with Crippen LogP contribution in [0.4, 0.5) is 0 Å². The molecule has 0 aliphatic heterocycles. The van der Waals surface area contributed by atoms with Crippen molar-refractivity contribution in [1.29, 1.82) is 0 Å². The van der Waals surface area contributed by atoms with Crippen LogP contribution in [0.15, 0.2) is 30.3 Å². The fraction of sp³-hybridized carbons (Fsp3) is 0.562. The quantitative estimate of drug-likeness (QED) is 0.677. The van der Waals surface area contributed by atoms with Crippen molar-refractivity contribution in [1.82, 2.24) is 0 Å². The molecule has 1 rings (SSSR count). The van der Waals surface area contributed by atoms with E-state index in [0.29, 0.717) is 12.5 Å². The van der Waals surface area contributed by atoms with E-state index in [1.807, 2.05) is 30.3 Å². The number of rotatable bonds is 7. The molecule has 0 radical (unpaired) electrons. The number of benzene rings is 1. The molecule has 0 saturated heterocycles. The SMILES string of the molecule is CCCCC(C(=O)OCC(C)C)c1ccccc1. The zero-order chi connectivity index (χ0) is 13.4. The van der Waals surface area contributed by atoms with Gasteiger partial charge < -0.3 is 4.74 Å². The summed E-state index contributed by atoms with van der Waals surface area (Å²) in [6.45, 7) is 6.75. The number of ether oxygens (including phenoxy) is 1. The van der Waals surface area contributed by atoms with Gasteiger partial charge in [0.2, 0.25) is 0 Å². The van der Waals surface area contributed by atoms with Crippen LogP contribution >= 0.6 is 0 Å². The van der Waals surface area contributed by atoms with Crippen molar-refractivity contribution in [3.8, 4) is 0 Å². The third-order valence-corrected chi connectivity index (χ3v) is 2.89. The van der Waals surface area contributed by atoms with Crippen molar-refractivity contribution < 1.29 is 9.53 Å². The van der Waals surface area contributed by atoms with E-state index in [-0.39, 0.29) is 11.9 Å². The smallest absolute Gasteiger partial charge is 0.313 e. The maximum absolute atomic E-state index is 12.1. The van der Waals surface area contributed by atoms with E-state index in [1.54, 1.807) is 0 Å². The van der Waals surface area contributed by atoms with E-state index >= 15 is 0 Å². The third-order valence-electron chi connectivity index (χ3n) is 2.89. The molecule has 0 amide bonds. The molecule has 2 nitrogen and oxygen atoms in total. The maximum Gasteiger partial charge on any atom is 0.313 e. The van der Waals surface area contributed by atoms with Gasteiger partial charge in [-0.25, -0.2) is 0 Å². The van der Waals surface area contributed by atoms with Gasteiger partial charge in [0.15, 0.2) is 0 Å². The summed E-state index contributed by atoms with van der Waals surface area (Å²) in [6.07, 6.45) is 3.02. The Hall–Kier alpha value is -1.31. The number of hydrogen-bond donors (Lipinski definition) is 0. The molecule has 0 spiro atoms. The molecular formula is C16H24O2. The Labute approximate surface area is 110 Å². The van der Waals surface area contributed by atoms with E-state index in [1.165, 1.54) is 0 Å². The second-order valence-electron chi connectivity index (χ2n) is 5.13. The molecule has 18 heavy (non-hydrogen) atoms. The Morgan fingerprint density at radius 3 is 2.44 bits per heavy atom. The summed E-state index contributed by atoms with van der Waals surface area (Å²) in [5.41, 5.74) is 1.07. The Bertz CT molecular complexity index is 343. The summed E-state index contributed by atoms with van der Waals surface area (Å²) in [4.78, 5) is 12.1. The summed E-state index contributed by atoms with van der Waals surface area (Å²) in [5.74, 6) is 0.199. The average Bonchev–Trinajstić information content (AvgIpc) is 2.38. The molecule has 1 aromatic rings. The van der Waals surface area contributed by atoms with Crippen LogP contribution < -0.4 is 0 Å². The molecule has 0 bridgehead atoms. The largest absolute Gasteiger partial charge is 0.465 e. The lowest BCUT2D eigenvalue weighted by Gasteiger charge is -2.17. The van der Waals surface area contributed by atoms with Crippen LogP contribution in [0, 0.1) is 5.92 Å². The van der Waals surface area contributed by atoms with Gasteiger partial charge in [0, 0.05) is 0 Å². The van der Waals surface area contributed by atoms with E-state index < -0.39 is 0 Å². The summed E-state index contributed by atoms with van der Waals surface area (Å²) >= 11 is 0. The second kappa shape index (κ2) is 7.91. The fourth-order valence-corrected chi connectivity index (χ4v) is 1.86. The van der Waals surface area contributed by atoms with Gasteiger partial charge in [-0.1, -0.05) is 63.9 Å². The van der Waals surface area contributed by atoms with E-state index in [4.69, 9.17) is 4.74 Å². The molecule has 0 aromatic heterocycles. The molecule has 0 N–H and O–H groups in total. The van der Waals surface area contributed by atoms with Crippen molar-refractivity contribution in [2.24, 2.45) is 5.92 Å². The molecule has 1 aromatic carbocycles. The zero-order valence-corrected chi connectivity index (χ0v) is 11.7. The van der Waals surface area contributed by atoms with Gasteiger partial charge >= 0.3 is 5.97 Å². The van der Waals surface area contributed by atoms with Crippen LogP contribution in [0.1, 0.15) is 51.5 Å². The van der Waals surface area contributed by atoms with Gasteiger partial charge in [-0.3, -0.25) is 4.79 Å². The maximum atomic E-state index is 12.1. The van der Waals surface area contributed by atoms with Crippen LogP contribution in [0.3, 0.4) is 0 Å². The summed E-state index contributed by atoms with van der Waals surface area (Å²) in [5, 5.41) is 0. The first-order valence-corrected chi connectivity index (χ1v) is 6.86. The standard InChI is InChI=1S/C16H24O2/c1-4-5-11-15(14-9-7-6-8-10-14)16(17)18-12-13(2)3/h6-10,13,15H,4-5,11-12H2,1-3H3. The predicted octanol–water partition coefficient (Wildman–Crippen LogP) is 4.16. The minimum absolute atomic E-state index is 0.0802. The summed E-state index contributed by atoms with van der Waals surface area (Å²) < 4.78 is 5.38. The normalized spacial score (nSPS) is 12.4. The molecule has 100 valence electrons. The molecule has 0 saturated carbocycles. The minimum atomic E-state index is -0.107. The topological polar surface area (TPSA) is 26.3 Å². The highest BCUT2D eigenvalue weighted by Crippen LogP contribution is 2.23. The Morgan fingerprint density at radius 2 is 1.89 bits per heavy atom. The predicted molar refractivity (Wildman–Crippen MR) is 74.5 cm³/mol. The Balaban J connectivity index is 2.69. The van der Waals surface area contributed by atoms with Crippen molar-refractivity contribution in [2.45, 2.75) is 46.0 Å². The van der Waals surface area contributed by atoms with Gasteiger partial charge in [-0.15, -0.1) is 0 Å². The fourth-order valence-electron chi connectivity index (χ4n) is 1.86. The number of esters is 1. The lowest BCUT2D eigenvalue weighted by Crippen LogP contribution is -2.18. The van der Waals surface area contributed by atoms with Gasteiger partial charge in [-0.2, -0.15) is 0 Å².